The largest absolute Gasteiger partial charge is 0.352 e. The van der Waals surface area contributed by atoms with Crippen molar-refractivity contribution in [1.29, 1.82) is 0 Å². The van der Waals surface area contributed by atoms with E-state index in [1.807, 2.05) is 0 Å². The van der Waals surface area contributed by atoms with E-state index in [0.717, 1.165) is 18.6 Å². The molecule has 0 saturated heterocycles. The van der Waals surface area contributed by atoms with Gasteiger partial charge in [0.2, 0.25) is 0 Å². The number of halogens is 3. The van der Waals surface area contributed by atoms with Gasteiger partial charge in [-0.25, -0.2) is 12.8 Å². The summed E-state index contributed by atoms with van der Waals surface area (Å²) in [5, 5.41) is 2.49. The van der Waals surface area contributed by atoms with Gasteiger partial charge in [0, 0.05) is 17.2 Å². The molecule has 2 atom stereocenters. The Balaban J connectivity index is 2.24. The normalized spacial score (nSPS) is 21.6. The van der Waals surface area contributed by atoms with E-state index in [-0.39, 0.29) is 10.6 Å². The molecule has 110 valence electrons. The maximum atomic E-state index is 13.5. The fraction of sp³-hybridized carbons (Fsp3) is 0.417. The van der Waals surface area contributed by atoms with Gasteiger partial charge in [0.1, 0.15) is 10.7 Å². The third kappa shape index (κ3) is 3.42. The minimum atomic E-state index is -4.28. The number of amides is 1. The molecule has 1 aliphatic carbocycles. The lowest BCUT2D eigenvalue weighted by atomic mass is 10.2. The van der Waals surface area contributed by atoms with Crippen molar-refractivity contribution in [3.05, 3.63) is 28.5 Å². The summed E-state index contributed by atoms with van der Waals surface area (Å²) >= 11 is 5.77. The first-order chi connectivity index (χ1) is 9.20. The van der Waals surface area contributed by atoms with E-state index >= 15 is 0 Å². The molecule has 1 N–H and O–H groups in total. The smallest absolute Gasteiger partial charge is 0.264 e. The van der Waals surface area contributed by atoms with E-state index in [0.29, 0.717) is 18.4 Å². The van der Waals surface area contributed by atoms with Crippen LogP contribution in [0, 0.1) is 17.7 Å². The van der Waals surface area contributed by atoms with Crippen LogP contribution in [0.25, 0.3) is 0 Å². The van der Waals surface area contributed by atoms with Crippen molar-refractivity contribution in [3.63, 3.8) is 0 Å². The molecule has 0 aliphatic heterocycles. The number of nitrogens with one attached hydrogen (secondary N) is 1. The minimum Gasteiger partial charge on any atom is -0.352 e. The number of carbonyl (C=O) groups excluding carboxylic acids is 1. The minimum absolute atomic E-state index is 0.111. The lowest BCUT2D eigenvalue weighted by Crippen LogP contribution is -2.26. The second kappa shape index (κ2) is 5.50. The van der Waals surface area contributed by atoms with Crippen LogP contribution >= 0.6 is 22.3 Å². The number of rotatable bonds is 4. The zero-order chi connectivity index (χ0) is 15.1. The van der Waals surface area contributed by atoms with Gasteiger partial charge in [-0.1, -0.05) is 18.5 Å². The molecule has 4 nitrogen and oxygen atoms in total. The van der Waals surface area contributed by atoms with Gasteiger partial charge in [-0.05, 0) is 30.4 Å². The highest BCUT2D eigenvalue weighted by molar-refractivity contribution is 8.13. The average Bonchev–Trinajstić information content (AvgIpc) is 3.00. The van der Waals surface area contributed by atoms with Gasteiger partial charge in [-0.2, -0.15) is 0 Å². The van der Waals surface area contributed by atoms with Gasteiger partial charge >= 0.3 is 0 Å². The van der Waals surface area contributed by atoms with E-state index in [1.54, 1.807) is 0 Å². The van der Waals surface area contributed by atoms with Gasteiger partial charge < -0.3 is 5.32 Å². The molecule has 0 aromatic heterocycles. The molecule has 0 heterocycles. The van der Waals surface area contributed by atoms with Gasteiger partial charge in [0.15, 0.2) is 0 Å². The van der Waals surface area contributed by atoms with Crippen molar-refractivity contribution in [3.8, 4) is 0 Å². The summed E-state index contributed by atoms with van der Waals surface area (Å²) in [6, 6.07) is 1.62. The molecule has 1 aromatic carbocycles. The number of hydrogen-bond donors (Lipinski definition) is 1. The molecule has 1 amide bonds. The van der Waals surface area contributed by atoms with Crippen molar-refractivity contribution in [2.75, 3.05) is 6.54 Å². The molecule has 1 aromatic rings. The summed E-state index contributed by atoms with van der Waals surface area (Å²) in [6.07, 6.45) is 1.04. The molecule has 1 saturated carbocycles. The monoisotopic (exact) mass is 339 g/mol. The molecule has 0 spiro atoms. The predicted molar refractivity (Wildman–Crippen MR) is 74.1 cm³/mol. The third-order valence-corrected chi connectivity index (χ3v) is 4.98. The molecular weight excluding hydrogens is 328 g/mol. The molecule has 1 aliphatic rings. The van der Waals surface area contributed by atoms with E-state index in [4.69, 9.17) is 22.3 Å². The third-order valence-electron chi connectivity index (χ3n) is 3.33. The summed E-state index contributed by atoms with van der Waals surface area (Å²) < 4.78 is 35.9. The van der Waals surface area contributed by atoms with Crippen LogP contribution in [-0.4, -0.2) is 20.9 Å². The highest BCUT2D eigenvalue weighted by Gasteiger charge is 2.32. The Bertz CT molecular complexity index is 663. The second-order valence-electron chi connectivity index (χ2n) is 4.88. The van der Waals surface area contributed by atoms with Crippen LogP contribution in [0.5, 0.6) is 0 Å². The number of carbonyl (C=O) groups is 1. The van der Waals surface area contributed by atoms with Crippen LogP contribution in [0.1, 0.15) is 23.7 Å². The summed E-state index contributed by atoms with van der Waals surface area (Å²) in [7, 11) is 0.831. The topological polar surface area (TPSA) is 63.2 Å². The number of benzene rings is 1. The standard InChI is InChI=1S/C12H12Cl2FNO3S/c1-6-2-7(6)5-16-12(17)8-3-11(20(14,18)19)10(15)4-9(8)13/h3-4,6-7H,2,5H2,1H3,(H,16,17). The quantitative estimate of drug-likeness (QED) is 0.858. The van der Waals surface area contributed by atoms with Crippen molar-refractivity contribution in [2.45, 2.75) is 18.2 Å². The molecule has 0 bridgehead atoms. The SMILES string of the molecule is CC1CC1CNC(=O)c1cc(S(=O)(=O)Cl)c(F)cc1Cl. The maximum Gasteiger partial charge on any atom is 0.264 e. The van der Waals surface area contributed by atoms with E-state index in [1.165, 1.54) is 0 Å². The maximum absolute atomic E-state index is 13.5. The molecule has 0 radical (unpaired) electrons. The van der Waals surface area contributed by atoms with Crippen LogP contribution < -0.4 is 5.32 Å². The van der Waals surface area contributed by atoms with Crippen LogP contribution in [0.2, 0.25) is 5.02 Å². The Morgan fingerprint density at radius 2 is 2.10 bits per heavy atom. The van der Waals surface area contributed by atoms with Gasteiger partial charge in [0.25, 0.3) is 15.0 Å². The lowest BCUT2D eigenvalue weighted by molar-refractivity contribution is 0.0951. The van der Waals surface area contributed by atoms with Crippen molar-refractivity contribution in [1.82, 2.24) is 5.32 Å². The van der Waals surface area contributed by atoms with Gasteiger partial charge in [-0.3, -0.25) is 4.79 Å². The second-order valence-corrected chi connectivity index (χ2v) is 7.82. The summed E-state index contributed by atoms with van der Waals surface area (Å²) in [6.45, 7) is 2.55. The first-order valence-corrected chi connectivity index (χ1v) is 8.60. The zero-order valence-corrected chi connectivity index (χ0v) is 12.8. The molecule has 2 rings (SSSR count). The lowest BCUT2D eigenvalue weighted by Gasteiger charge is -2.08. The molecule has 1 fully saturated rings. The summed E-state index contributed by atoms with van der Waals surface area (Å²) in [5.74, 6) is -0.639. The molecule has 2 unspecified atom stereocenters. The Hall–Kier alpha value is -0.850. The average molecular weight is 340 g/mol. The molecule has 8 heteroatoms. The molecular formula is C12H12Cl2FNO3S. The number of hydrogen-bond acceptors (Lipinski definition) is 3. The van der Waals surface area contributed by atoms with Crippen molar-refractivity contribution in [2.24, 2.45) is 11.8 Å². The highest BCUT2D eigenvalue weighted by atomic mass is 35.7. The Labute approximate surface area is 125 Å². The highest BCUT2D eigenvalue weighted by Crippen LogP contribution is 2.36. The van der Waals surface area contributed by atoms with E-state index in [2.05, 4.69) is 12.2 Å². The Morgan fingerprint density at radius 3 is 2.60 bits per heavy atom. The first kappa shape index (κ1) is 15.5. The predicted octanol–water partition coefficient (Wildman–Crippen LogP) is 2.79. The van der Waals surface area contributed by atoms with E-state index < -0.39 is 25.7 Å². The summed E-state index contributed by atoms with van der Waals surface area (Å²) in [5.41, 5.74) is -0.111. The van der Waals surface area contributed by atoms with Crippen LogP contribution in [0.3, 0.4) is 0 Å². The molecule has 20 heavy (non-hydrogen) atoms. The zero-order valence-electron chi connectivity index (χ0n) is 10.5. The van der Waals surface area contributed by atoms with Crippen LogP contribution in [0.4, 0.5) is 4.39 Å². The van der Waals surface area contributed by atoms with Gasteiger partial charge in [-0.15, -0.1) is 0 Å². The van der Waals surface area contributed by atoms with Crippen molar-refractivity contribution >= 4 is 37.2 Å². The van der Waals surface area contributed by atoms with E-state index in [9.17, 15) is 17.6 Å². The fourth-order valence-corrected chi connectivity index (χ4v) is 3.03. The first-order valence-electron chi connectivity index (χ1n) is 5.92. The van der Waals surface area contributed by atoms with Crippen molar-refractivity contribution < 1.29 is 17.6 Å². The Morgan fingerprint density at radius 1 is 1.50 bits per heavy atom. The van der Waals surface area contributed by atoms with Crippen LogP contribution in [0.15, 0.2) is 17.0 Å². The fourth-order valence-electron chi connectivity index (χ4n) is 1.89. The van der Waals surface area contributed by atoms with Gasteiger partial charge in [0.05, 0.1) is 10.6 Å². The summed E-state index contributed by atoms with van der Waals surface area (Å²) in [4.78, 5) is 11.2. The van der Waals surface area contributed by atoms with Crippen LogP contribution in [-0.2, 0) is 9.05 Å². The Kier molecular flexibility index (Phi) is 4.27.